The Morgan fingerprint density at radius 3 is 2.56 bits per heavy atom. The largest absolute Gasteiger partial charge is 0.481 e. The molecule has 2 rings (SSSR count). The van der Waals surface area contributed by atoms with Gasteiger partial charge in [-0.25, -0.2) is 9.18 Å². The standard InChI is InChI=1S/C18H16FNO5/c1-12(18(23)20-15-8-4-3-7-14(15)19)25-17(22)11-24-16-9-5-2-6-13(16)10-21/h2-10,12H,11H2,1H3,(H,20,23)/t12-/m1/s1. The SMILES string of the molecule is C[C@@H](OC(=O)COc1ccccc1C=O)C(=O)Nc1ccccc1F. The highest BCUT2D eigenvalue weighted by molar-refractivity contribution is 5.95. The van der Waals surface area contributed by atoms with E-state index in [1.54, 1.807) is 18.2 Å². The van der Waals surface area contributed by atoms with Gasteiger partial charge in [0.15, 0.2) is 19.0 Å². The van der Waals surface area contributed by atoms with Gasteiger partial charge in [-0.2, -0.15) is 0 Å². The number of anilines is 1. The second kappa shape index (κ2) is 8.58. The summed E-state index contributed by atoms with van der Waals surface area (Å²) in [6.45, 7) is 0.885. The number of halogens is 1. The Hall–Kier alpha value is -3.22. The smallest absolute Gasteiger partial charge is 0.344 e. The number of esters is 1. The average Bonchev–Trinajstić information content (AvgIpc) is 2.62. The van der Waals surface area contributed by atoms with Crippen LogP contribution >= 0.6 is 0 Å². The van der Waals surface area contributed by atoms with Crippen molar-refractivity contribution in [2.24, 2.45) is 0 Å². The molecule has 0 unspecified atom stereocenters. The minimum Gasteiger partial charge on any atom is -0.481 e. The van der Waals surface area contributed by atoms with Crippen molar-refractivity contribution in [3.05, 3.63) is 59.9 Å². The van der Waals surface area contributed by atoms with E-state index < -0.39 is 30.4 Å². The Balaban J connectivity index is 1.86. The van der Waals surface area contributed by atoms with Gasteiger partial charge in [0.25, 0.3) is 5.91 Å². The summed E-state index contributed by atoms with van der Waals surface area (Å²) in [5.41, 5.74) is 0.284. The van der Waals surface area contributed by atoms with E-state index in [2.05, 4.69) is 5.32 Å². The molecule has 0 aliphatic rings. The van der Waals surface area contributed by atoms with Crippen molar-refractivity contribution in [2.45, 2.75) is 13.0 Å². The predicted molar refractivity (Wildman–Crippen MR) is 87.9 cm³/mol. The zero-order chi connectivity index (χ0) is 18.2. The highest BCUT2D eigenvalue weighted by atomic mass is 19.1. The van der Waals surface area contributed by atoms with Crippen LogP contribution in [-0.4, -0.2) is 30.9 Å². The number of carbonyl (C=O) groups is 3. The fraction of sp³-hybridized carbons (Fsp3) is 0.167. The zero-order valence-corrected chi connectivity index (χ0v) is 13.4. The van der Waals surface area contributed by atoms with Crippen LogP contribution in [0.15, 0.2) is 48.5 Å². The molecule has 0 aliphatic carbocycles. The predicted octanol–water partition coefficient (Wildman–Crippen LogP) is 2.59. The maximum atomic E-state index is 13.5. The molecule has 0 aromatic heterocycles. The third kappa shape index (κ3) is 5.13. The lowest BCUT2D eigenvalue weighted by atomic mass is 10.2. The third-order valence-electron chi connectivity index (χ3n) is 3.20. The molecule has 0 aliphatic heterocycles. The summed E-state index contributed by atoms with van der Waals surface area (Å²) in [4.78, 5) is 34.6. The first kappa shape index (κ1) is 18.1. The van der Waals surface area contributed by atoms with Crippen LogP contribution in [0.3, 0.4) is 0 Å². The molecule has 0 fully saturated rings. The Morgan fingerprint density at radius 2 is 1.84 bits per heavy atom. The second-order valence-electron chi connectivity index (χ2n) is 5.05. The zero-order valence-electron chi connectivity index (χ0n) is 13.4. The van der Waals surface area contributed by atoms with Crippen LogP contribution in [0.2, 0.25) is 0 Å². The molecule has 1 amide bonds. The van der Waals surface area contributed by atoms with Crippen molar-refractivity contribution >= 4 is 23.9 Å². The van der Waals surface area contributed by atoms with Crippen LogP contribution in [0, 0.1) is 5.82 Å². The molecular formula is C18H16FNO5. The highest BCUT2D eigenvalue weighted by Gasteiger charge is 2.19. The molecule has 0 radical (unpaired) electrons. The number of benzene rings is 2. The lowest BCUT2D eigenvalue weighted by Crippen LogP contribution is -2.32. The van der Waals surface area contributed by atoms with E-state index in [9.17, 15) is 18.8 Å². The van der Waals surface area contributed by atoms with Crippen molar-refractivity contribution < 1.29 is 28.2 Å². The summed E-state index contributed by atoms with van der Waals surface area (Å²) < 4.78 is 23.6. The lowest BCUT2D eigenvalue weighted by molar-refractivity contribution is -0.155. The number of amides is 1. The van der Waals surface area contributed by atoms with Gasteiger partial charge in [-0.15, -0.1) is 0 Å². The number of rotatable bonds is 7. The number of aldehydes is 1. The van der Waals surface area contributed by atoms with E-state index >= 15 is 0 Å². The van der Waals surface area contributed by atoms with Crippen LogP contribution < -0.4 is 10.1 Å². The van der Waals surface area contributed by atoms with Crippen LogP contribution in [0.25, 0.3) is 0 Å². The first-order valence-electron chi connectivity index (χ1n) is 7.43. The minimum absolute atomic E-state index is 0.00782. The van der Waals surface area contributed by atoms with Gasteiger partial charge in [-0.3, -0.25) is 9.59 Å². The molecular weight excluding hydrogens is 329 g/mol. The lowest BCUT2D eigenvalue weighted by Gasteiger charge is -2.14. The first-order valence-corrected chi connectivity index (χ1v) is 7.43. The van der Waals surface area contributed by atoms with E-state index in [0.717, 1.165) is 0 Å². The van der Waals surface area contributed by atoms with Gasteiger partial charge >= 0.3 is 5.97 Å². The fourth-order valence-corrected chi connectivity index (χ4v) is 1.93. The molecule has 0 bridgehead atoms. The number of ether oxygens (including phenoxy) is 2. The van der Waals surface area contributed by atoms with Gasteiger partial charge in [0.05, 0.1) is 11.3 Å². The Labute approximate surface area is 143 Å². The van der Waals surface area contributed by atoms with E-state index in [1.165, 1.54) is 37.3 Å². The number of para-hydroxylation sites is 2. The van der Waals surface area contributed by atoms with Gasteiger partial charge in [0.2, 0.25) is 0 Å². The molecule has 0 saturated heterocycles. The monoisotopic (exact) mass is 345 g/mol. The van der Waals surface area contributed by atoms with Crippen molar-refractivity contribution in [3.8, 4) is 5.75 Å². The molecule has 0 saturated carbocycles. The number of hydrogen-bond donors (Lipinski definition) is 1. The van der Waals surface area contributed by atoms with Gasteiger partial charge in [0.1, 0.15) is 11.6 Å². The topological polar surface area (TPSA) is 81.7 Å². The van der Waals surface area contributed by atoms with E-state index in [1.807, 2.05) is 0 Å². The number of carbonyl (C=O) groups excluding carboxylic acids is 3. The summed E-state index contributed by atoms with van der Waals surface area (Å²) in [7, 11) is 0. The minimum atomic E-state index is -1.14. The molecule has 2 aromatic rings. The number of nitrogens with one attached hydrogen (secondary N) is 1. The average molecular weight is 345 g/mol. The van der Waals surface area contributed by atoms with Gasteiger partial charge in [-0.05, 0) is 31.2 Å². The van der Waals surface area contributed by atoms with E-state index in [-0.39, 0.29) is 11.4 Å². The quantitative estimate of drug-likeness (QED) is 0.616. The fourth-order valence-electron chi connectivity index (χ4n) is 1.93. The molecule has 0 spiro atoms. The molecule has 25 heavy (non-hydrogen) atoms. The Morgan fingerprint density at radius 1 is 1.16 bits per heavy atom. The Kier molecular flexibility index (Phi) is 6.22. The molecule has 7 heteroatoms. The van der Waals surface area contributed by atoms with Crippen molar-refractivity contribution in [3.63, 3.8) is 0 Å². The van der Waals surface area contributed by atoms with Gasteiger partial charge < -0.3 is 14.8 Å². The highest BCUT2D eigenvalue weighted by Crippen LogP contribution is 2.16. The normalized spacial score (nSPS) is 11.3. The maximum Gasteiger partial charge on any atom is 0.344 e. The molecule has 0 heterocycles. The summed E-state index contributed by atoms with van der Waals surface area (Å²) in [5.74, 6) is -1.83. The summed E-state index contributed by atoms with van der Waals surface area (Å²) in [5, 5.41) is 2.33. The van der Waals surface area contributed by atoms with Crippen LogP contribution in [0.5, 0.6) is 5.75 Å². The van der Waals surface area contributed by atoms with E-state index in [4.69, 9.17) is 9.47 Å². The number of hydrogen-bond acceptors (Lipinski definition) is 5. The summed E-state index contributed by atoms with van der Waals surface area (Å²) >= 11 is 0. The summed E-state index contributed by atoms with van der Waals surface area (Å²) in [6, 6.07) is 12.0. The van der Waals surface area contributed by atoms with E-state index in [0.29, 0.717) is 11.8 Å². The third-order valence-corrected chi connectivity index (χ3v) is 3.20. The molecule has 2 aromatic carbocycles. The van der Waals surface area contributed by atoms with Crippen molar-refractivity contribution in [1.82, 2.24) is 0 Å². The van der Waals surface area contributed by atoms with Crippen molar-refractivity contribution in [2.75, 3.05) is 11.9 Å². The maximum absolute atomic E-state index is 13.5. The molecule has 6 nitrogen and oxygen atoms in total. The van der Waals surface area contributed by atoms with Gasteiger partial charge in [0, 0.05) is 0 Å². The van der Waals surface area contributed by atoms with Crippen molar-refractivity contribution in [1.29, 1.82) is 0 Å². The van der Waals surface area contributed by atoms with Crippen LogP contribution in [0.1, 0.15) is 17.3 Å². The van der Waals surface area contributed by atoms with Crippen LogP contribution in [0.4, 0.5) is 10.1 Å². The van der Waals surface area contributed by atoms with Crippen LogP contribution in [-0.2, 0) is 14.3 Å². The molecule has 1 atom stereocenters. The second-order valence-corrected chi connectivity index (χ2v) is 5.05. The molecule has 130 valence electrons. The Bertz CT molecular complexity index is 778. The van der Waals surface area contributed by atoms with Gasteiger partial charge in [-0.1, -0.05) is 24.3 Å². The summed E-state index contributed by atoms with van der Waals surface area (Å²) in [6.07, 6.45) is -0.539. The first-order chi connectivity index (χ1) is 12.0. The molecule has 1 N–H and O–H groups in total.